The van der Waals surface area contributed by atoms with Crippen molar-refractivity contribution >= 4 is 11.6 Å². The van der Waals surface area contributed by atoms with Crippen LogP contribution < -0.4 is 11.1 Å². The Labute approximate surface area is 89.7 Å². The lowest BCUT2D eigenvalue weighted by atomic mass is 10.0. The predicted molar refractivity (Wildman–Crippen MR) is 60.4 cm³/mol. The minimum absolute atomic E-state index is 0.225. The van der Waals surface area contributed by atoms with E-state index in [2.05, 4.69) is 22.2 Å². The Morgan fingerprint density at radius 2 is 2.33 bits per heavy atom. The number of aromatic nitrogens is 2. The summed E-state index contributed by atoms with van der Waals surface area (Å²) in [6, 6.07) is 0. The van der Waals surface area contributed by atoms with Gasteiger partial charge in [0.2, 0.25) is 0 Å². The normalized spacial score (nSPS) is 12.4. The van der Waals surface area contributed by atoms with Crippen molar-refractivity contribution in [2.75, 3.05) is 24.2 Å². The molecule has 15 heavy (non-hydrogen) atoms. The van der Waals surface area contributed by atoms with Crippen LogP contribution in [0.3, 0.4) is 0 Å². The first kappa shape index (κ1) is 11.7. The number of nitrogens with zero attached hydrogens (tertiary/aromatic N) is 2. The Balaban J connectivity index is 2.41. The lowest BCUT2D eigenvalue weighted by molar-refractivity contribution is 0.258. The highest BCUT2D eigenvalue weighted by Crippen LogP contribution is 2.09. The molecule has 0 spiro atoms. The maximum absolute atomic E-state index is 8.83. The van der Waals surface area contributed by atoms with Crippen molar-refractivity contribution in [3.63, 3.8) is 0 Å². The first-order valence-corrected chi connectivity index (χ1v) is 5.18. The fraction of sp³-hybridized carbons (Fsp3) is 0.600. The van der Waals surface area contributed by atoms with Crippen LogP contribution in [0.2, 0.25) is 0 Å². The van der Waals surface area contributed by atoms with Crippen molar-refractivity contribution in [1.29, 1.82) is 0 Å². The van der Waals surface area contributed by atoms with E-state index in [1.807, 2.05) is 0 Å². The standard InChI is InChI=1S/C10H18N4O/c1-2-8(3-4-15)5-13-10-7-12-6-9(11)14-10/h6-8,15H,2-5H2,1H3,(H3,11,13,14). The smallest absolute Gasteiger partial charge is 0.146 e. The third kappa shape index (κ3) is 4.12. The summed E-state index contributed by atoms with van der Waals surface area (Å²) in [7, 11) is 0. The van der Waals surface area contributed by atoms with Crippen molar-refractivity contribution in [2.45, 2.75) is 19.8 Å². The predicted octanol–water partition coefficient (Wildman–Crippen LogP) is 0.879. The molecule has 0 radical (unpaired) electrons. The van der Waals surface area contributed by atoms with Gasteiger partial charge < -0.3 is 16.2 Å². The molecule has 0 saturated carbocycles. The molecule has 0 aliphatic carbocycles. The summed E-state index contributed by atoms with van der Waals surface area (Å²) in [6.07, 6.45) is 4.99. The van der Waals surface area contributed by atoms with Gasteiger partial charge in [-0.05, 0) is 12.3 Å². The maximum atomic E-state index is 8.83. The van der Waals surface area contributed by atoms with E-state index in [1.54, 1.807) is 6.20 Å². The lowest BCUT2D eigenvalue weighted by Crippen LogP contribution is -2.16. The summed E-state index contributed by atoms with van der Waals surface area (Å²) in [4.78, 5) is 8.02. The van der Waals surface area contributed by atoms with Crippen molar-refractivity contribution < 1.29 is 5.11 Å². The van der Waals surface area contributed by atoms with Crippen LogP contribution in [0, 0.1) is 5.92 Å². The van der Waals surface area contributed by atoms with E-state index in [-0.39, 0.29) is 6.61 Å². The minimum Gasteiger partial charge on any atom is -0.396 e. The molecular weight excluding hydrogens is 192 g/mol. The SMILES string of the molecule is CCC(CCO)CNc1cncc(N)n1. The first-order chi connectivity index (χ1) is 7.26. The van der Waals surface area contributed by atoms with E-state index in [9.17, 15) is 0 Å². The van der Waals surface area contributed by atoms with Crippen LogP contribution in [0.15, 0.2) is 12.4 Å². The van der Waals surface area contributed by atoms with E-state index < -0.39 is 0 Å². The van der Waals surface area contributed by atoms with Gasteiger partial charge in [0.1, 0.15) is 11.6 Å². The van der Waals surface area contributed by atoms with Crippen LogP contribution >= 0.6 is 0 Å². The average Bonchev–Trinajstić information content (AvgIpc) is 2.24. The average molecular weight is 210 g/mol. The second-order valence-corrected chi connectivity index (χ2v) is 3.50. The topological polar surface area (TPSA) is 84.1 Å². The quantitative estimate of drug-likeness (QED) is 0.649. The number of hydrogen-bond donors (Lipinski definition) is 3. The second-order valence-electron chi connectivity index (χ2n) is 3.50. The van der Waals surface area contributed by atoms with E-state index in [0.29, 0.717) is 17.6 Å². The maximum Gasteiger partial charge on any atom is 0.146 e. The number of nitrogens with two attached hydrogens (primary N) is 1. The first-order valence-electron chi connectivity index (χ1n) is 5.18. The van der Waals surface area contributed by atoms with Gasteiger partial charge in [-0.2, -0.15) is 0 Å². The van der Waals surface area contributed by atoms with Gasteiger partial charge in [0.15, 0.2) is 0 Å². The van der Waals surface area contributed by atoms with Crippen LogP contribution in [0.4, 0.5) is 11.6 Å². The number of rotatable bonds is 6. The summed E-state index contributed by atoms with van der Waals surface area (Å²) >= 11 is 0. The molecule has 0 bridgehead atoms. The Bertz CT molecular complexity index is 293. The second kappa shape index (κ2) is 6.19. The van der Waals surface area contributed by atoms with Gasteiger partial charge in [-0.3, -0.25) is 4.98 Å². The zero-order valence-corrected chi connectivity index (χ0v) is 8.98. The van der Waals surface area contributed by atoms with Crippen LogP contribution in [0.1, 0.15) is 19.8 Å². The number of nitrogens with one attached hydrogen (secondary N) is 1. The van der Waals surface area contributed by atoms with Gasteiger partial charge in [-0.15, -0.1) is 0 Å². The van der Waals surface area contributed by atoms with Crippen molar-refractivity contribution in [3.8, 4) is 0 Å². The number of aliphatic hydroxyl groups is 1. The summed E-state index contributed by atoms with van der Waals surface area (Å²) in [5.41, 5.74) is 5.50. The molecule has 0 fully saturated rings. The molecule has 1 rings (SSSR count). The molecule has 1 atom stereocenters. The van der Waals surface area contributed by atoms with Gasteiger partial charge in [-0.1, -0.05) is 13.3 Å². The molecule has 0 amide bonds. The largest absolute Gasteiger partial charge is 0.396 e. The molecule has 84 valence electrons. The summed E-state index contributed by atoms with van der Waals surface area (Å²) < 4.78 is 0. The molecule has 1 heterocycles. The summed E-state index contributed by atoms with van der Waals surface area (Å²) in [5.74, 6) is 1.56. The molecule has 1 aromatic rings. The highest BCUT2D eigenvalue weighted by Gasteiger charge is 2.05. The van der Waals surface area contributed by atoms with Crippen LogP contribution in [0.5, 0.6) is 0 Å². The molecule has 1 unspecified atom stereocenters. The number of hydrogen-bond acceptors (Lipinski definition) is 5. The molecule has 5 nitrogen and oxygen atoms in total. The van der Waals surface area contributed by atoms with Gasteiger partial charge in [0.25, 0.3) is 0 Å². The Morgan fingerprint density at radius 1 is 1.53 bits per heavy atom. The van der Waals surface area contributed by atoms with E-state index in [4.69, 9.17) is 10.8 Å². The molecule has 0 saturated heterocycles. The molecule has 0 aliphatic rings. The molecule has 0 aliphatic heterocycles. The van der Waals surface area contributed by atoms with Crippen LogP contribution in [0.25, 0.3) is 0 Å². The monoisotopic (exact) mass is 210 g/mol. The van der Waals surface area contributed by atoms with E-state index >= 15 is 0 Å². The highest BCUT2D eigenvalue weighted by molar-refractivity contribution is 5.38. The third-order valence-corrected chi connectivity index (χ3v) is 2.34. The van der Waals surface area contributed by atoms with Crippen molar-refractivity contribution in [2.24, 2.45) is 5.92 Å². The lowest BCUT2D eigenvalue weighted by Gasteiger charge is -2.14. The van der Waals surface area contributed by atoms with Crippen molar-refractivity contribution in [1.82, 2.24) is 9.97 Å². The van der Waals surface area contributed by atoms with Gasteiger partial charge in [0, 0.05) is 13.2 Å². The van der Waals surface area contributed by atoms with Gasteiger partial charge in [-0.25, -0.2) is 4.98 Å². The highest BCUT2D eigenvalue weighted by atomic mass is 16.3. The van der Waals surface area contributed by atoms with Crippen LogP contribution in [-0.2, 0) is 0 Å². The Hall–Kier alpha value is -1.36. The molecular formula is C10H18N4O. The van der Waals surface area contributed by atoms with E-state index in [0.717, 1.165) is 19.4 Å². The zero-order chi connectivity index (χ0) is 11.1. The number of nitrogen functional groups attached to an aromatic ring is 1. The molecule has 1 aromatic heterocycles. The summed E-state index contributed by atoms with van der Waals surface area (Å²) in [6.45, 7) is 3.12. The zero-order valence-electron chi connectivity index (χ0n) is 8.98. The summed E-state index contributed by atoms with van der Waals surface area (Å²) in [5, 5.41) is 12.0. The Morgan fingerprint density at radius 3 is 2.93 bits per heavy atom. The van der Waals surface area contributed by atoms with Crippen LogP contribution in [-0.4, -0.2) is 28.2 Å². The molecule has 0 aromatic carbocycles. The molecule has 4 N–H and O–H groups in total. The van der Waals surface area contributed by atoms with Gasteiger partial charge >= 0.3 is 0 Å². The van der Waals surface area contributed by atoms with E-state index in [1.165, 1.54) is 6.20 Å². The third-order valence-electron chi connectivity index (χ3n) is 2.34. The number of anilines is 2. The van der Waals surface area contributed by atoms with Crippen molar-refractivity contribution in [3.05, 3.63) is 12.4 Å². The van der Waals surface area contributed by atoms with Gasteiger partial charge in [0.05, 0.1) is 12.4 Å². The minimum atomic E-state index is 0.225. The Kier molecular flexibility index (Phi) is 4.83. The number of aliphatic hydroxyl groups excluding tert-OH is 1. The molecule has 5 heteroatoms. The fourth-order valence-corrected chi connectivity index (χ4v) is 1.35. The fourth-order valence-electron chi connectivity index (χ4n) is 1.35.